The zero-order valence-corrected chi connectivity index (χ0v) is 19.0. The molecule has 2 aromatic carbocycles. The summed E-state index contributed by atoms with van der Waals surface area (Å²) in [6, 6.07) is 18.7. The molecule has 0 N–H and O–H groups in total. The molecule has 34 heavy (non-hydrogen) atoms. The molecule has 0 atom stereocenters. The molecule has 6 rings (SSSR count). The van der Waals surface area contributed by atoms with Crippen molar-refractivity contribution in [1.29, 1.82) is 0 Å². The molecule has 0 aliphatic carbocycles. The van der Waals surface area contributed by atoms with Crippen LogP contribution in [0.2, 0.25) is 10.0 Å². The zero-order valence-electron chi connectivity index (χ0n) is 17.5. The summed E-state index contributed by atoms with van der Waals surface area (Å²) in [6.45, 7) is 0.266. The van der Waals surface area contributed by atoms with Crippen molar-refractivity contribution in [2.45, 2.75) is 6.54 Å². The van der Waals surface area contributed by atoms with E-state index in [2.05, 4.69) is 20.4 Å². The van der Waals surface area contributed by atoms with Gasteiger partial charge in [-0.2, -0.15) is 9.61 Å². The standard InChI is InChI=1S/C24H15Cl2N7O/c25-18-5-1-16(2-6-18)20-12-28-33-23(22(20)17-3-7-19(26)8-4-17)30-32(24(33)34)13-15-9-10-31-14-27-29-21(31)11-15/h1-12,14H,13H2. The Kier molecular flexibility index (Phi) is 4.90. The van der Waals surface area contributed by atoms with Gasteiger partial charge in [0.25, 0.3) is 0 Å². The van der Waals surface area contributed by atoms with E-state index in [1.165, 1.54) is 9.20 Å². The predicted molar refractivity (Wildman–Crippen MR) is 130 cm³/mol. The van der Waals surface area contributed by atoms with Crippen LogP contribution in [-0.4, -0.2) is 34.0 Å². The minimum atomic E-state index is -0.339. The Hall–Kier alpha value is -4.01. The van der Waals surface area contributed by atoms with Crippen molar-refractivity contribution in [2.24, 2.45) is 0 Å². The lowest BCUT2D eigenvalue weighted by molar-refractivity contribution is 0.650. The summed E-state index contributed by atoms with van der Waals surface area (Å²) in [6.07, 6.45) is 5.15. The Morgan fingerprint density at radius 2 is 1.59 bits per heavy atom. The molecule has 0 saturated carbocycles. The summed E-state index contributed by atoms with van der Waals surface area (Å²) in [5.74, 6) is 0. The largest absolute Gasteiger partial charge is 0.367 e. The van der Waals surface area contributed by atoms with Crippen molar-refractivity contribution in [2.75, 3.05) is 0 Å². The molecule has 0 radical (unpaired) electrons. The summed E-state index contributed by atoms with van der Waals surface area (Å²) in [5, 5.41) is 18.3. The lowest BCUT2D eigenvalue weighted by atomic mass is 9.97. The van der Waals surface area contributed by atoms with Gasteiger partial charge in [0.2, 0.25) is 0 Å². The fourth-order valence-corrected chi connectivity index (χ4v) is 4.20. The van der Waals surface area contributed by atoms with Crippen molar-refractivity contribution >= 4 is 34.5 Å². The highest BCUT2D eigenvalue weighted by Crippen LogP contribution is 2.35. The third kappa shape index (κ3) is 3.53. The van der Waals surface area contributed by atoms with Gasteiger partial charge in [0.05, 0.1) is 12.7 Å². The molecule has 0 spiro atoms. The number of halogens is 2. The Bertz CT molecular complexity index is 1720. The average Bonchev–Trinajstić information content (AvgIpc) is 3.44. The summed E-state index contributed by atoms with van der Waals surface area (Å²) in [7, 11) is 0. The molecular formula is C24H15Cl2N7O. The topological polar surface area (TPSA) is 82.4 Å². The number of nitrogens with zero attached hydrogens (tertiary/aromatic N) is 7. The van der Waals surface area contributed by atoms with Gasteiger partial charge in [0, 0.05) is 27.4 Å². The maximum atomic E-state index is 13.2. The summed E-state index contributed by atoms with van der Waals surface area (Å²) >= 11 is 12.2. The second-order valence-electron chi connectivity index (χ2n) is 7.75. The minimum absolute atomic E-state index is 0.266. The Balaban J connectivity index is 1.55. The third-order valence-corrected chi connectivity index (χ3v) is 6.10. The van der Waals surface area contributed by atoms with Gasteiger partial charge in [-0.15, -0.1) is 15.3 Å². The van der Waals surface area contributed by atoms with Crippen LogP contribution in [0.25, 0.3) is 33.5 Å². The van der Waals surface area contributed by atoms with E-state index in [-0.39, 0.29) is 12.2 Å². The molecule has 166 valence electrons. The molecule has 10 heteroatoms. The maximum Gasteiger partial charge on any atom is 0.367 e. The smallest absolute Gasteiger partial charge is 0.289 e. The third-order valence-electron chi connectivity index (χ3n) is 5.60. The normalized spacial score (nSPS) is 11.5. The van der Waals surface area contributed by atoms with Crippen LogP contribution in [0.5, 0.6) is 0 Å². The average molecular weight is 488 g/mol. The number of aromatic nitrogens is 7. The van der Waals surface area contributed by atoms with E-state index in [4.69, 9.17) is 23.2 Å². The van der Waals surface area contributed by atoms with Gasteiger partial charge in [-0.3, -0.25) is 4.40 Å². The number of benzene rings is 2. The van der Waals surface area contributed by atoms with Crippen LogP contribution >= 0.6 is 23.2 Å². The van der Waals surface area contributed by atoms with Crippen LogP contribution in [0.1, 0.15) is 5.56 Å². The van der Waals surface area contributed by atoms with Gasteiger partial charge < -0.3 is 0 Å². The number of pyridine rings is 1. The van der Waals surface area contributed by atoms with Crippen molar-refractivity contribution in [3.8, 4) is 22.3 Å². The molecule has 0 unspecified atom stereocenters. The zero-order chi connectivity index (χ0) is 23.2. The van der Waals surface area contributed by atoms with E-state index in [1.807, 2.05) is 66.9 Å². The first-order valence-corrected chi connectivity index (χ1v) is 11.1. The molecule has 4 aromatic heterocycles. The van der Waals surface area contributed by atoms with E-state index < -0.39 is 0 Å². The van der Waals surface area contributed by atoms with Gasteiger partial charge in [0.15, 0.2) is 11.3 Å². The molecule has 0 aliphatic heterocycles. The number of hydrogen-bond donors (Lipinski definition) is 0. The van der Waals surface area contributed by atoms with Gasteiger partial charge in [-0.25, -0.2) is 9.48 Å². The second kappa shape index (κ2) is 8.09. The summed E-state index contributed by atoms with van der Waals surface area (Å²) in [4.78, 5) is 13.2. The van der Waals surface area contributed by atoms with E-state index >= 15 is 0 Å². The number of fused-ring (bicyclic) bond motifs is 2. The van der Waals surface area contributed by atoms with Gasteiger partial charge >= 0.3 is 5.69 Å². The number of hydrogen-bond acceptors (Lipinski definition) is 5. The van der Waals surface area contributed by atoms with Crippen molar-refractivity contribution in [3.63, 3.8) is 0 Å². The summed E-state index contributed by atoms with van der Waals surface area (Å²) in [5.41, 5.74) is 5.05. The fraction of sp³-hybridized carbons (Fsp3) is 0.0417. The van der Waals surface area contributed by atoms with E-state index in [0.29, 0.717) is 21.3 Å². The van der Waals surface area contributed by atoms with Crippen LogP contribution in [0.15, 0.2) is 84.2 Å². The van der Waals surface area contributed by atoms with Crippen LogP contribution < -0.4 is 5.69 Å². The molecule has 6 aromatic rings. The molecule has 0 fully saturated rings. The maximum absolute atomic E-state index is 13.2. The van der Waals surface area contributed by atoms with Gasteiger partial charge in [0.1, 0.15) is 6.33 Å². The first kappa shape index (κ1) is 20.6. The van der Waals surface area contributed by atoms with E-state index in [1.54, 1.807) is 16.9 Å². The molecule has 0 amide bonds. The molecule has 8 nitrogen and oxygen atoms in total. The number of rotatable bonds is 4. The first-order chi connectivity index (χ1) is 16.6. The van der Waals surface area contributed by atoms with Crippen molar-refractivity contribution in [3.05, 3.63) is 105 Å². The van der Waals surface area contributed by atoms with Gasteiger partial charge in [-0.05, 0) is 53.1 Å². The molecular weight excluding hydrogens is 473 g/mol. The Labute approximate surface area is 202 Å². The Morgan fingerprint density at radius 1 is 0.882 bits per heavy atom. The SMILES string of the molecule is O=c1n(Cc2ccn3cnnc3c2)nc2c(-c3ccc(Cl)cc3)c(-c3ccc(Cl)cc3)cnn12. The Morgan fingerprint density at radius 3 is 2.32 bits per heavy atom. The van der Waals surface area contributed by atoms with Crippen molar-refractivity contribution in [1.82, 2.24) is 34.0 Å². The molecule has 4 heterocycles. The molecule has 0 saturated heterocycles. The predicted octanol–water partition coefficient (Wildman–Crippen LogP) is 4.62. The van der Waals surface area contributed by atoms with Crippen molar-refractivity contribution < 1.29 is 0 Å². The highest BCUT2D eigenvalue weighted by Gasteiger charge is 2.19. The lowest BCUT2D eigenvalue weighted by Crippen LogP contribution is -2.23. The van der Waals surface area contributed by atoms with Gasteiger partial charge in [-0.1, -0.05) is 47.5 Å². The lowest BCUT2D eigenvalue weighted by Gasteiger charge is -2.11. The fourth-order valence-electron chi connectivity index (χ4n) is 3.94. The molecule has 0 bridgehead atoms. The second-order valence-corrected chi connectivity index (χ2v) is 8.63. The van der Waals surface area contributed by atoms with Crippen LogP contribution in [0.3, 0.4) is 0 Å². The highest BCUT2D eigenvalue weighted by atomic mass is 35.5. The highest BCUT2D eigenvalue weighted by molar-refractivity contribution is 6.31. The van der Waals surface area contributed by atoms with Crippen LogP contribution in [0.4, 0.5) is 0 Å². The van der Waals surface area contributed by atoms with E-state index in [0.717, 1.165) is 27.8 Å². The first-order valence-electron chi connectivity index (χ1n) is 10.4. The monoisotopic (exact) mass is 487 g/mol. The van der Waals surface area contributed by atoms with Crippen LogP contribution in [0, 0.1) is 0 Å². The van der Waals surface area contributed by atoms with Crippen LogP contribution in [-0.2, 0) is 6.54 Å². The summed E-state index contributed by atoms with van der Waals surface area (Å²) < 4.78 is 4.52. The quantitative estimate of drug-likeness (QED) is 0.362. The van der Waals surface area contributed by atoms with E-state index in [9.17, 15) is 4.79 Å². The molecule has 0 aliphatic rings. The minimum Gasteiger partial charge on any atom is -0.289 e.